The number of methoxy groups -OCH3 is 2. The van der Waals surface area contributed by atoms with Crippen molar-refractivity contribution < 1.29 is 19.0 Å². The number of ether oxygens (including phenoxy) is 3. The minimum atomic E-state index is -0.537. The Balaban J connectivity index is 2.99. The smallest absolute Gasteiger partial charge is 0.414 e. The van der Waals surface area contributed by atoms with Crippen LogP contribution >= 0.6 is 0 Å². The number of carbonyl (C=O) groups is 1. The minimum Gasteiger partial charge on any atom is -0.497 e. The van der Waals surface area contributed by atoms with Crippen LogP contribution in [0.3, 0.4) is 0 Å². The highest BCUT2D eigenvalue weighted by atomic mass is 16.6. The van der Waals surface area contributed by atoms with Crippen molar-refractivity contribution in [1.29, 1.82) is 0 Å². The van der Waals surface area contributed by atoms with E-state index in [-0.39, 0.29) is 0 Å². The summed E-state index contributed by atoms with van der Waals surface area (Å²) in [5.74, 6) is 1.21. The third kappa shape index (κ3) is 4.05. The largest absolute Gasteiger partial charge is 0.497 e. The Kier molecular flexibility index (Phi) is 4.64. The van der Waals surface area contributed by atoms with E-state index in [0.717, 1.165) is 0 Å². The van der Waals surface area contributed by atoms with Gasteiger partial charge in [-0.25, -0.2) is 4.79 Å². The summed E-state index contributed by atoms with van der Waals surface area (Å²) >= 11 is 0. The molecule has 19 heavy (non-hydrogen) atoms. The first-order valence-electron chi connectivity index (χ1n) is 5.97. The van der Waals surface area contributed by atoms with Crippen molar-refractivity contribution in [3.05, 3.63) is 18.2 Å². The Labute approximate surface area is 114 Å². The fourth-order valence-electron chi connectivity index (χ4n) is 1.49. The quantitative estimate of drug-likeness (QED) is 0.844. The molecule has 0 N–H and O–H groups in total. The summed E-state index contributed by atoms with van der Waals surface area (Å²) < 4.78 is 15.7. The number of benzene rings is 1. The van der Waals surface area contributed by atoms with Crippen LogP contribution in [0.15, 0.2) is 18.2 Å². The summed E-state index contributed by atoms with van der Waals surface area (Å²) in [6, 6.07) is 5.23. The Bertz CT molecular complexity index is 451. The van der Waals surface area contributed by atoms with E-state index in [2.05, 4.69) is 0 Å². The molecule has 0 saturated heterocycles. The van der Waals surface area contributed by atoms with Crippen molar-refractivity contribution in [2.24, 2.45) is 0 Å². The zero-order chi connectivity index (χ0) is 14.6. The first-order valence-corrected chi connectivity index (χ1v) is 5.97. The summed E-state index contributed by atoms with van der Waals surface area (Å²) in [5, 5.41) is 0. The molecular formula is C14H21NO4. The van der Waals surface area contributed by atoms with Crippen LogP contribution < -0.4 is 14.4 Å². The monoisotopic (exact) mass is 267 g/mol. The maximum absolute atomic E-state index is 12.0. The highest BCUT2D eigenvalue weighted by molar-refractivity contribution is 5.89. The van der Waals surface area contributed by atoms with E-state index in [1.165, 1.54) is 4.90 Å². The number of carbonyl (C=O) groups excluding carboxylic acids is 1. The number of nitrogens with zero attached hydrogens (tertiary/aromatic N) is 1. The molecule has 0 aliphatic carbocycles. The first-order chi connectivity index (χ1) is 8.78. The van der Waals surface area contributed by atoms with Crippen molar-refractivity contribution in [2.75, 3.05) is 26.2 Å². The molecule has 0 bridgehead atoms. The number of amides is 1. The Morgan fingerprint density at radius 2 is 1.79 bits per heavy atom. The topological polar surface area (TPSA) is 48.0 Å². The third-order valence-electron chi connectivity index (χ3n) is 2.42. The molecule has 0 unspecified atom stereocenters. The first kappa shape index (κ1) is 15.1. The molecule has 106 valence electrons. The molecule has 1 rings (SSSR count). The molecule has 5 heteroatoms. The Morgan fingerprint density at radius 1 is 1.16 bits per heavy atom. The van der Waals surface area contributed by atoms with Gasteiger partial charge in [-0.2, -0.15) is 0 Å². The normalized spacial score (nSPS) is 10.8. The van der Waals surface area contributed by atoms with Gasteiger partial charge in [-0.1, -0.05) is 0 Å². The van der Waals surface area contributed by atoms with Crippen LogP contribution in [0.25, 0.3) is 0 Å². The van der Waals surface area contributed by atoms with Crippen LogP contribution in [-0.4, -0.2) is 33.0 Å². The SMILES string of the molecule is COc1ccc(N(C)C(=O)OC(C)(C)C)c(OC)c1. The zero-order valence-electron chi connectivity index (χ0n) is 12.3. The average Bonchev–Trinajstić information content (AvgIpc) is 2.35. The Morgan fingerprint density at radius 3 is 2.26 bits per heavy atom. The van der Waals surface area contributed by atoms with Gasteiger partial charge in [0, 0.05) is 13.1 Å². The second kappa shape index (κ2) is 5.82. The Hall–Kier alpha value is -1.91. The number of rotatable bonds is 3. The second-order valence-electron chi connectivity index (χ2n) is 5.08. The lowest BCUT2D eigenvalue weighted by atomic mass is 10.2. The predicted molar refractivity (Wildman–Crippen MR) is 74.2 cm³/mol. The van der Waals surface area contributed by atoms with Gasteiger partial charge in [0.2, 0.25) is 0 Å². The number of hydrogen-bond acceptors (Lipinski definition) is 4. The van der Waals surface area contributed by atoms with Crippen LogP contribution in [0.5, 0.6) is 11.5 Å². The van der Waals surface area contributed by atoms with Gasteiger partial charge >= 0.3 is 6.09 Å². The maximum atomic E-state index is 12.0. The van der Waals surface area contributed by atoms with Crippen molar-refractivity contribution in [3.8, 4) is 11.5 Å². The van der Waals surface area contributed by atoms with E-state index in [4.69, 9.17) is 14.2 Å². The molecule has 1 amide bonds. The summed E-state index contributed by atoms with van der Waals surface area (Å²) in [6.07, 6.45) is -0.434. The summed E-state index contributed by atoms with van der Waals surface area (Å²) in [7, 11) is 4.76. The molecule has 0 heterocycles. The summed E-state index contributed by atoms with van der Waals surface area (Å²) in [5.41, 5.74) is 0.0861. The molecule has 0 spiro atoms. The molecule has 5 nitrogen and oxygen atoms in total. The van der Waals surface area contributed by atoms with E-state index in [1.54, 1.807) is 39.5 Å². The highest BCUT2D eigenvalue weighted by Gasteiger charge is 2.22. The lowest BCUT2D eigenvalue weighted by molar-refractivity contribution is 0.0588. The summed E-state index contributed by atoms with van der Waals surface area (Å²) in [6.45, 7) is 5.47. The number of hydrogen-bond donors (Lipinski definition) is 0. The molecule has 0 aliphatic rings. The number of anilines is 1. The van der Waals surface area contributed by atoms with Gasteiger partial charge in [0.1, 0.15) is 17.1 Å². The second-order valence-corrected chi connectivity index (χ2v) is 5.08. The standard InChI is InChI=1S/C14H21NO4/c1-14(2,3)19-13(16)15(4)11-8-7-10(17-5)9-12(11)18-6/h7-9H,1-6H3. The van der Waals surface area contributed by atoms with Crippen LogP contribution in [0, 0.1) is 0 Å². The van der Waals surface area contributed by atoms with Gasteiger partial charge in [0.05, 0.1) is 19.9 Å². The van der Waals surface area contributed by atoms with E-state index >= 15 is 0 Å². The van der Waals surface area contributed by atoms with E-state index in [1.807, 2.05) is 20.8 Å². The molecule has 1 aromatic rings. The molecule has 0 fully saturated rings. The third-order valence-corrected chi connectivity index (χ3v) is 2.42. The fourth-order valence-corrected chi connectivity index (χ4v) is 1.49. The van der Waals surface area contributed by atoms with E-state index in [9.17, 15) is 4.79 Å². The molecular weight excluding hydrogens is 246 g/mol. The van der Waals surface area contributed by atoms with Crippen molar-refractivity contribution in [2.45, 2.75) is 26.4 Å². The molecule has 0 saturated carbocycles. The fraction of sp³-hybridized carbons (Fsp3) is 0.500. The molecule has 0 aromatic heterocycles. The van der Waals surface area contributed by atoms with Crippen LogP contribution in [0.1, 0.15) is 20.8 Å². The van der Waals surface area contributed by atoms with Gasteiger partial charge in [0.25, 0.3) is 0 Å². The van der Waals surface area contributed by atoms with Crippen molar-refractivity contribution in [3.63, 3.8) is 0 Å². The van der Waals surface area contributed by atoms with Gasteiger partial charge in [-0.05, 0) is 32.9 Å². The van der Waals surface area contributed by atoms with Gasteiger partial charge in [-0.3, -0.25) is 4.90 Å². The lowest BCUT2D eigenvalue weighted by Gasteiger charge is -2.25. The minimum absolute atomic E-state index is 0.434. The van der Waals surface area contributed by atoms with Gasteiger partial charge in [0.15, 0.2) is 0 Å². The lowest BCUT2D eigenvalue weighted by Crippen LogP contribution is -2.34. The van der Waals surface area contributed by atoms with Crippen molar-refractivity contribution in [1.82, 2.24) is 0 Å². The van der Waals surface area contributed by atoms with E-state index < -0.39 is 11.7 Å². The zero-order valence-corrected chi connectivity index (χ0v) is 12.3. The summed E-state index contributed by atoms with van der Waals surface area (Å²) in [4.78, 5) is 13.4. The molecule has 0 radical (unpaired) electrons. The van der Waals surface area contributed by atoms with Gasteiger partial charge in [-0.15, -0.1) is 0 Å². The molecule has 0 aliphatic heterocycles. The van der Waals surface area contributed by atoms with Crippen LogP contribution in [0.4, 0.5) is 10.5 Å². The average molecular weight is 267 g/mol. The van der Waals surface area contributed by atoms with Crippen LogP contribution in [-0.2, 0) is 4.74 Å². The highest BCUT2D eigenvalue weighted by Crippen LogP contribution is 2.32. The maximum Gasteiger partial charge on any atom is 0.414 e. The van der Waals surface area contributed by atoms with E-state index in [0.29, 0.717) is 17.2 Å². The van der Waals surface area contributed by atoms with Crippen LogP contribution in [0.2, 0.25) is 0 Å². The molecule has 1 aromatic carbocycles. The van der Waals surface area contributed by atoms with Crippen molar-refractivity contribution >= 4 is 11.8 Å². The predicted octanol–water partition coefficient (Wildman–Crippen LogP) is 3.08. The molecule has 0 atom stereocenters. The van der Waals surface area contributed by atoms with Gasteiger partial charge < -0.3 is 14.2 Å².